The highest BCUT2D eigenvalue weighted by Gasteiger charge is 2.51. The van der Waals surface area contributed by atoms with Crippen molar-refractivity contribution < 1.29 is 29.3 Å². The van der Waals surface area contributed by atoms with E-state index in [4.69, 9.17) is 9.94 Å². The van der Waals surface area contributed by atoms with E-state index in [0.29, 0.717) is 26.3 Å². The molecule has 1 aliphatic carbocycles. The van der Waals surface area contributed by atoms with Crippen molar-refractivity contribution >= 4 is 11.9 Å². The van der Waals surface area contributed by atoms with Gasteiger partial charge in [0.2, 0.25) is 0 Å². The first-order chi connectivity index (χ1) is 11.6. The highest BCUT2D eigenvalue weighted by molar-refractivity contribution is 6.02. The Balaban J connectivity index is 2.55. The number of rotatable bonds is 4. The molecule has 136 valence electrons. The number of hydrogen-bond acceptors (Lipinski definition) is 7. The summed E-state index contributed by atoms with van der Waals surface area (Å²) < 4.78 is 7.15. The molecule has 0 spiro atoms. The lowest BCUT2D eigenvalue weighted by atomic mass is 9.73. The first-order valence-corrected chi connectivity index (χ1v) is 7.56. The highest BCUT2D eigenvalue weighted by atomic mass is 16.8. The summed E-state index contributed by atoms with van der Waals surface area (Å²) in [4.78, 5) is 20.8. The van der Waals surface area contributed by atoms with E-state index in [1.165, 1.54) is 0 Å². The Bertz CT molecular complexity index is 675. The van der Waals surface area contributed by atoms with Crippen molar-refractivity contribution in [2.75, 3.05) is 26.3 Å². The minimum absolute atomic E-state index is 0.501. The maximum absolute atomic E-state index is 11.5. The minimum atomic E-state index is -1.19. The van der Waals surface area contributed by atoms with Crippen LogP contribution in [-0.4, -0.2) is 62.8 Å². The Labute approximate surface area is 142 Å². The van der Waals surface area contributed by atoms with Crippen LogP contribution in [0.3, 0.4) is 0 Å². The maximum atomic E-state index is 11.5. The third-order valence-electron chi connectivity index (χ3n) is 4.13. The van der Waals surface area contributed by atoms with Crippen molar-refractivity contribution in [2.45, 2.75) is 13.8 Å². The van der Waals surface area contributed by atoms with Gasteiger partial charge in [0.1, 0.15) is 19.4 Å². The molecule has 0 saturated carbocycles. The van der Waals surface area contributed by atoms with Crippen LogP contribution in [0.2, 0.25) is 0 Å². The van der Waals surface area contributed by atoms with Gasteiger partial charge in [-0.15, -0.1) is 0 Å². The van der Waals surface area contributed by atoms with E-state index < -0.39 is 43.2 Å². The van der Waals surface area contributed by atoms with Gasteiger partial charge >= 0.3 is 0 Å². The predicted octanol–water partition coefficient (Wildman–Crippen LogP) is 0.418. The fraction of sp³-hybridized carbons (Fsp3) is 0.571. The molecule has 25 heavy (non-hydrogen) atoms. The van der Waals surface area contributed by atoms with E-state index in [9.17, 15) is 25.4 Å². The van der Waals surface area contributed by atoms with Gasteiger partial charge in [0, 0.05) is 4.90 Å². The number of hydrogen-bond donors (Lipinski definition) is 1. The Hall–Kier alpha value is -2.82. The highest BCUT2D eigenvalue weighted by Crippen LogP contribution is 2.39. The molecule has 2 rings (SSSR count). The number of allylic oxidation sites excluding steroid dienone is 2. The molecule has 0 aromatic rings. The van der Waals surface area contributed by atoms with Crippen molar-refractivity contribution in [3.8, 4) is 0 Å². The Kier molecular flexibility index (Phi) is 5.16. The molecule has 1 saturated heterocycles. The van der Waals surface area contributed by atoms with E-state index in [-0.39, 0.29) is 0 Å². The minimum Gasteiger partial charge on any atom is -0.417 e. The molecule has 1 fully saturated rings. The maximum Gasteiger partial charge on any atom is 0.280 e. The standard InChI is InChI=1S/C14H19N4O7/c1-14(2,9-15-3-5-25-6-4-15)13-11(17(21)22)7-10(16(19)20)8-12(13)18(23)24/h7-9,13H,3-6H2,1-2H3,(H,19,20)/q+1. The monoisotopic (exact) mass is 355 g/mol. The molecule has 11 nitrogen and oxygen atoms in total. The van der Waals surface area contributed by atoms with Crippen LogP contribution in [-0.2, 0) is 4.74 Å². The quantitative estimate of drug-likeness (QED) is 0.253. The van der Waals surface area contributed by atoms with Crippen molar-refractivity contribution in [3.05, 3.63) is 49.0 Å². The predicted molar refractivity (Wildman–Crippen MR) is 84.7 cm³/mol. The molecule has 1 N–H and O–H groups in total. The Morgan fingerprint density at radius 2 is 1.64 bits per heavy atom. The van der Waals surface area contributed by atoms with Gasteiger partial charge in [-0.25, -0.2) is 4.58 Å². The van der Waals surface area contributed by atoms with Gasteiger partial charge in [-0.3, -0.25) is 25.4 Å². The van der Waals surface area contributed by atoms with E-state index in [1.54, 1.807) is 20.1 Å². The average Bonchev–Trinajstić information content (AvgIpc) is 2.53. The van der Waals surface area contributed by atoms with Gasteiger partial charge in [-0.2, -0.15) is 0 Å². The number of nitrogens with zero attached hydrogens (tertiary/aromatic N) is 4. The van der Waals surface area contributed by atoms with Crippen LogP contribution in [0.25, 0.3) is 0 Å². The molecule has 1 aliphatic heterocycles. The van der Waals surface area contributed by atoms with Crippen LogP contribution >= 0.6 is 0 Å². The number of nitro groups is 2. The molecular formula is C14H19N4O7+. The zero-order valence-electron chi connectivity index (χ0n) is 13.8. The zero-order valence-corrected chi connectivity index (χ0v) is 13.8. The molecule has 0 aromatic heterocycles. The lowest BCUT2D eigenvalue weighted by molar-refractivity contribution is -0.725. The summed E-state index contributed by atoms with van der Waals surface area (Å²) in [5.41, 5.74) is -2.58. The summed E-state index contributed by atoms with van der Waals surface area (Å²) in [7, 11) is 0. The lowest BCUT2D eigenvalue weighted by Crippen LogP contribution is -2.41. The van der Waals surface area contributed by atoms with E-state index in [2.05, 4.69) is 0 Å². The fourth-order valence-corrected chi connectivity index (χ4v) is 3.10. The molecule has 0 radical (unpaired) electrons. The smallest absolute Gasteiger partial charge is 0.280 e. The van der Waals surface area contributed by atoms with Gasteiger partial charge < -0.3 is 9.94 Å². The van der Waals surface area contributed by atoms with Crippen LogP contribution in [0.5, 0.6) is 0 Å². The van der Waals surface area contributed by atoms with Crippen molar-refractivity contribution in [1.82, 2.24) is 0 Å². The second kappa shape index (κ2) is 6.97. The summed E-state index contributed by atoms with van der Waals surface area (Å²) in [6.45, 7) is 5.46. The molecule has 0 bridgehead atoms. The lowest BCUT2D eigenvalue weighted by Gasteiger charge is -2.27. The molecular weight excluding hydrogens is 336 g/mol. The molecule has 2 aliphatic rings. The van der Waals surface area contributed by atoms with Crippen LogP contribution in [0.15, 0.2) is 23.5 Å². The molecule has 0 aromatic carbocycles. The van der Waals surface area contributed by atoms with Gasteiger partial charge in [-0.1, -0.05) is 0 Å². The Morgan fingerprint density at radius 1 is 1.16 bits per heavy atom. The van der Waals surface area contributed by atoms with Gasteiger partial charge in [0.15, 0.2) is 19.0 Å². The number of morpholine rings is 1. The van der Waals surface area contributed by atoms with E-state index in [0.717, 1.165) is 12.2 Å². The van der Waals surface area contributed by atoms with Crippen molar-refractivity contribution in [3.63, 3.8) is 0 Å². The van der Waals surface area contributed by atoms with E-state index in [1.807, 2.05) is 4.58 Å². The summed E-state index contributed by atoms with van der Waals surface area (Å²) in [6.07, 6.45) is 3.45. The van der Waals surface area contributed by atoms with Crippen molar-refractivity contribution in [2.24, 2.45) is 11.3 Å². The summed E-state index contributed by atoms with van der Waals surface area (Å²) in [5, 5.41) is 43.0. The zero-order chi connectivity index (χ0) is 18.8. The normalized spacial score (nSPS) is 21.3. The Morgan fingerprint density at radius 3 is 2.04 bits per heavy atom. The largest absolute Gasteiger partial charge is 0.417 e. The first kappa shape index (κ1) is 18.5. The molecule has 1 heterocycles. The molecule has 0 atom stereocenters. The van der Waals surface area contributed by atoms with Gasteiger partial charge in [-0.05, 0) is 13.8 Å². The summed E-state index contributed by atoms with van der Waals surface area (Å²) in [5.74, 6) is -1.19. The van der Waals surface area contributed by atoms with Crippen LogP contribution < -0.4 is 0 Å². The number of ether oxygens (including phenoxy) is 1. The van der Waals surface area contributed by atoms with Crippen LogP contribution in [0, 0.1) is 36.8 Å². The second-order valence-electron chi connectivity index (χ2n) is 6.38. The SMILES string of the molecule is CC(C)(C=[N+]1CCOCC1)C1C([N+](=O)[O-])=CC(=[N+]([O-])O)C=C1[N+](=O)[O-]. The van der Waals surface area contributed by atoms with E-state index >= 15 is 0 Å². The van der Waals surface area contributed by atoms with Gasteiger partial charge in [0.05, 0.1) is 27.4 Å². The second-order valence-corrected chi connectivity index (χ2v) is 6.38. The topological polar surface area (TPSA) is 145 Å². The van der Waals surface area contributed by atoms with Crippen LogP contribution in [0.1, 0.15) is 13.8 Å². The first-order valence-electron chi connectivity index (χ1n) is 7.56. The molecule has 0 unspecified atom stereocenters. The molecule has 11 heteroatoms. The summed E-state index contributed by atoms with van der Waals surface area (Å²) >= 11 is 0. The van der Waals surface area contributed by atoms with Crippen LogP contribution in [0.4, 0.5) is 0 Å². The summed E-state index contributed by atoms with van der Waals surface area (Å²) in [6, 6.07) is 0. The van der Waals surface area contributed by atoms with Crippen molar-refractivity contribution in [1.29, 1.82) is 0 Å². The fourth-order valence-electron chi connectivity index (χ4n) is 3.10. The van der Waals surface area contributed by atoms with Gasteiger partial charge in [0.25, 0.3) is 17.1 Å². The third kappa shape index (κ3) is 3.99. The average molecular weight is 355 g/mol. The molecule has 0 amide bonds. The third-order valence-corrected chi connectivity index (χ3v) is 4.13.